The quantitative estimate of drug-likeness (QED) is 0.0848. The summed E-state index contributed by atoms with van der Waals surface area (Å²) in [5, 5.41) is 5.89. The number of piperidine rings is 1. The van der Waals surface area contributed by atoms with Gasteiger partial charge in [-0.1, -0.05) is 36.4 Å². The Kier molecular flexibility index (Phi) is 12.7. The van der Waals surface area contributed by atoms with Gasteiger partial charge >= 0.3 is 0 Å². The van der Waals surface area contributed by atoms with Crippen LogP contribution in [0.25, 0.3) is 11.3 Å². The number of hydrogen-bond acceptors (Lipinski definition) is 12. The van der Waals surface area contributed by atoms with E-state index in [9.17, 15) is 28.8 Å². The van der Waals surface area contributed by atoms with Gasteiger partial charge in [0, 0.05) is 59.9 Å². The third-order valence-corrected chi connectivity index (χ3v) is 12.1. The van der Waals surface area contributed by atoms with Crippen LogP contribution >= 0.6 is 11.3 Å². The predicted octanol–water partition coefficient (Wildman–Crippen LogP) is 6.24. The molecule has 5 aromatic rings. The fraction of sp³-hybridized carbons (Fsp3) is 0.298. The molecule has 1 fully saturated rings. The monoisotopic (exact) mass is 870 g/mol. The summed E-state index contributed by atoms with van der Waals surface area (Å²) in [6.45, 7) is 7.88. The Hall–Kier alpha value is -6.75. The third-order valence-electron chi connectivity index (χ3n) is 11.1. The first kappa shape index (κ1) is 42.9. The number of hydrogen-bond donors (Lipinski definition) is 2. The number of anilines is 4. The second-order valence-corrected chi connectivity index (χ2v) is 16.5. The molecule has 0 radical (unpaired) electrons. The average molecular weight is 871 g/mol. The Morgan fingerprint density at radius 2 is 1.65 bits per heavy atom. The van der Waals surface area contributed by atoms with E-state index in [1.165, 1.54) is 18.3 Å². The van der Waals surface area contributed by atoms with Crippen LogP contribution in [0.4, 0.5) is 22.2 Å². The summed E-state index contributed by atoms with van der Waals surface area (Å²) in [5.41, 5.74) is 6.80. The Balaban J connectivity index is 0.791. The van der Waals surface area contributed by atoms with Crippen LogP contribution in [-0.4, -0.2) is 97.5 Å². The molecule has 3 aliphatic heterocycles. The van der Waals surface area contributed by atoms with Crippen molar-refractivity contribution < 1.29 is 43.0 Å². The highest BCUT2D eigenvalue weighted by Gasteiger charge is 2.45. The van der Waals surface area contributed by atoms with E-state index in [2.05, 4.69) is 16.7 Å². The maximum Gasteiger partial charge on any atom is 0.264 e. The third kappa shape index (κ3) is 8.96. The molecule has 324 valence electrons. The number of carbonyl (C=O) groups is 6. The van der Waals surface area contributed by atoms with Gasteiger partial charge in [-0.15, -0.1) is 11.3 Å². The van der Waals surface area contributed by atoms with E-state index < -0.39 is 29.7 Å². The average Bonchev–Trinajstić information content (AvgIpc) is 3.94. The van der Waals surface area contributed by atoms with Crippen molar-refractivity contribution in [1.29, 1.82) is 0 Å². The lowest BCUT2D eigenvalue weighted by Gasteiger charge is -2.27. The van der Waals surface area contributed by atoms with Crippen LogP contribution in [0.1, 0.15) is 66.8 Å². The summed E-state index contributed by atoms with van der Waals surface area (Å²) in [6, 6.07) is 24.8. The first-order valence-corrected chi connectivity index (χ1v) is 21.6. The number of ether oxygens (including phenoxy) is 3. The van der Waals surface area contributed by atoms with Crippen molar-refractivity contribution in [3.63, 3.8) is 0 Å². The first-order chi connectivity index (χ1) is 30.5. The number of nitrogens with one attached hydrogen (secondary N) is 2. The van der Waals surface area contributed by atoms with Crippen LogP contribution in [0.5, 0.6) is 5.75 Å². The van der Waals surface area contributed by atoms with Crippen molar-refractivity contribution in [2.24, 2.45) is 0 Å². The second kappa shape index (κ2) is 18.7. The van der Waals surface area contributed by atoms with Crippen LogP contribution in [0.2, 0.25) is 0 Å². The van der Waals surface area contributed by atoms with E-state index in [0.717, 1.165) is 44.3 Å². The highest BCUT2D eigenvalue weighted by Crippen LogP contribution is 2.40. The van der Waals surface area contributed by atoms with Crippen molar-refractivity contribution in [3.05, 3.63) is 118 Å². The van der Waals surface area contributed by atoms with E-state index in [4.69, 9.17) is 19.2 Å². The van der Waals surface area contributed by atoms with Crippen LogP contribution in [-0.2, 0) is 30.3 Å². The van der Waals surface area contributed by atoms with Gasteiger partial charge in [0.25, 0.3) is 17.7 Å². The minimum atomic E-state index is -1.03. The van der Waals surface area contributed by atoms with Gasteiger partial charge in [0.05, 0.1) is 48.9 Å². The molecule has 0 saturated carbocycles. The molecule has 0 bridgehead atoms. The number of thiazole rings is 1. The zero-order valence-electron chi connectivity index (χ0n) is 35.1. The number of aryl methyl sites for hydroxylation is 2. The van der Waals surface area contributed by atoms with Crippen LogP contribution in [0.3, 0.4) is 0 Å². The van der Waals surface area contributed by atoms with E-state index >= 15 is 0 Å². The zero-order valence-corrected chi connectivity index (χ0v) is 35.9. The molecule has 1 atom stereocenters. The lowest BCUT2D eigenvalue weighted by atomic mass is 10.0. The number of imide groups is 2. The Bertz CT molecular complexity index is 2630. The van der Waals surface area contributed by atoms with E-state index in [0.29, 0.717) is 67.3 Å². The maximum absolute atomic E-state index is 13.4. The largest absolute Gasteiger partial charge is 0.491 e. The Labute approximate surface area is 367 Å². The second-order valence-electron chi connectivity index (χ2n) is 15.3. The summed E-state index contributed by atoms with van der Waals surface area (Å²) in [4.78, 5) is 87.1. The van der Waals surface area contributed by atoms with Gasteiger partial charge in [0.15, 0.2) is 5.13 Å². The lowest BCUT2D eigenvalue weighted by Crippen LogP contribution is -2.54. The fourth-order valence-electron chi connectivity index (χ4n) is 8.06. The number of carbonyl (C=O) groups excluding carboxylic acids is 6. The predicted molar refractivity (Wildman–Crippen MR) is 237 cm³/mol. The molecule has 3 aliphatic rings. The van der Waals surface area contributed by atoms with Crippen molar-refractivity contribution in [2.75, 3.05) is 61.2 Å². The van der Waals surface area contributed by atoms with Gasteiger partial charge in [-0.2, -0.15) is 0 Å². The van der Waals surface area contributed by atoms with E-state index in [1.54, 1.807) is 29.2 Å². The van der Waals surface area contributed by atoms with Gasteiger partial charge in [-0.05, 0) is 80.3 Å². The molecule has 0 spiro atoms. The number of nitrogens with zero attached hydrogens (tertiary/aromatic N) is 4. The number of fused-ring (bicyclic) bond motifs is 2. The smallest absolute Gasteiger partial charge is 0.264 e. The Morgan fingerprint density at radius 3 is 2.44 bits per heavy atom. The molecule has 63 heavy (non-hydrogen) atoms. The van der Waals surface area contributed by atoms with Gasteiger partial charge in [-0.25, -0.2) is 4.98 Å². The van der Waals surface area contributed by atoms with E-state index in [1.807, 2.05) is 73.3 Å². The molecule has 6 amide bonds. The van der Waals surface area contributed by atoms with Crippen molar-refractivity contribution >= 4 is 69.0 Å². The number of amides is 6. The normalized spacial score (nSPS) is 15.6. The molecule has 1 unspecified atom stereocenters. The van der Waals surface area contributed by atoms with Crippen LogP contribution in [0.15, 0.2) is 84.9 Å². The summed E-state index contributed by atoms with van der Waals surface area (Å²) < 4.78 is 17.4. The molecule has 4 heterocycles. The van der Waals surface area contributed by atoms with Crippen molar-refractivity contribution in [2.45, 2.75) is 46.1 Å². The summed E-state index contributed by atoms with van der Waals surface area (Å²) >= 11 is 1.43. The van der Waals surface area contributed by atoms with Gasteiger partial charge < -0.3 is 24.4 Å². The molecule has 1 aromatic heterocycles. The minimum Gasteiger partial charge on any atom is -0.491 e. The fourth-order valence-corrected chi connectivity index (χ4v) is 9.06. The Morgan fingerprint density at radius 1 is 0.873 bits per heavy atom. The first-order valence-electron chi connectivity index (χ1n) is 20.8. The topological polar surface area (TPSA) is 177 Å². The summed E-state index contributed by atoms with van der Waals surface area (Å²) in [7, 11) is 0. The number of aromatic nitrogens is 1. The molecular formula is C47H46N6O9S. The van der Waals surface area contributed by atoms with Crippen LogP contribution < -0.4 is 25.2 Å². The van der Waals surface area contributed by atoms with Crippen molar-refractivity contribution in [3.8, 4) is 17.0 Å². The zero-order chi connectivity index (χ0) is 44.2. The highest BCUT2D eigenvalue weighted by atomic mass is 32.1. The maximum atomic E-state index is 13.4. The molecule has 16 heteroatoms. The summed E-state index contributed by atoms with van der Waals surface area (Å²) in [6.07, 6.45) is 0.878. The van der Waals surface area contributed by atoms with Gasteiger partial charge in [0.1, 0.15) is 18.4 Å². The van der Waals surface area contributed by atoms with Gasteiger partial charge in [0.2, 0.25) is 17.7 Å². The van der Waals surface area contributed by atoms with E-state index in [-0.39, 0.29) is 42.4 Å². The highest BCUT2D eigenvalue weighted by molar-refractivity contribution is 7.16. The van der Waals surface area contributed by atoms with Crippen molar-refractivity contribution in [1.82, 2.24) is 15.2 Å². The number of benzene rings is 4. The lowest BCUT2D eigenvalue weighted by molar-refractivity contribution is -0.136. The standard InChI is InChI=1S/C47H46N6O9S/c1-28-8-4-5-11-35(28)44(57)51-20-18-31-26-32(14-15-38(31)51)42-29(2)63-47(50-42)52(30(3)54)33-9-6-10-34(27-33)62-25-24-61-23-22-60-21-19-48-37-13-7-12-36-41(37)46(59)53(45(36)58)39-16-17-40(55)49-43(39)56/h4-15,26-27,39,48H,16-25H2,1-3H3,(H,49,55,56). The minimum absolute atomic E-state index is 0.00551. The molecule has 1 saturated heterocycles. The van der Waals surface area contributed by atoms with Crippen LogP contribution in [0, 0.1) is 13.8 Å². The van der Waals surface area contributed by atoms with Gasteiger partial charge in [-0.3, -0.25) is 43.9 Å². The molecule has 4 aromatic carbocycles. The molecule has 15 nitrogen and oxygen atoms in total. The molecule has 2 N–H and O–H groups in total. The summed E-state index contributed by atoms with van der Waals surface area (Å²) in [5.74, 6) is -1.86. The SMILES string of the molecule is CC(=O)N(c1cccc(OCCOCCOCCNc2cccc3c2C(=O)N(C2CCC(=O)NC2=O)C3=O)c1)c1nc(-c2ccc3c(c2)CCN3C(=O)c2ccccc2C)c(C)s1. The molecule has 0 aliphatic carbocycles. The molecular weight excluding hydrogens is 825 g/mol. The molecule has 8 rings (SSSR count). The number of rotatable bonds is 16.